The summed E-state index contributed by atoms with van der Waals surface area (Å²) in [5, 5.41) is 13.2. The summed E-state index contributed by atoms with van der Waals surface area (Å²) in [6, 6.07) is 0. The molecular formula is C16H21N3O2S. The summed E-state index contributed by atoms with van der Waals surface area (Å²) in [6.07, 6.45) is 4.37. The second kappa shape index (κ2) is 6.20. The van der Waals surface area contributed by atoms with Crippen LogP contribution < -0.4 is 5.32 Å². The normalized spacial score (nSPS) is 17.5. The van der Waals surface area contributed by atoms with E-state index >= 15 is 0 Å². The Labute approximate surface area is 133 Å². The predicted molar refractivity (Wildman–Crippen MR) is 88.9 cm³/mol. The summed E-state index contributed by atoms with van der Waals surface area (Å²) in [6.45, 7) is 4.80. The Bertz CT molecular complexity index is 711. The van der Waals surface area contributed by atoms with E-state index in [2.05, 4.69) is 22.2 Å². The summed E-state index contributed by atoms with van der Waals surface area (Å²) in [5.74, 6) is 1.43. The lowest BCUT2D eigenvalue weighted by Crippen LogP contribution is -2.09. The van der Waals surface area contributed by atoms with E-state index in [4.69, 9.17) is 5.11 Å². The van der Waals surface area contributed by atoms with Crippen LogP contribution in [-0.2, 0) is 11.2 Å². The molecule has 0 saturated heterocycles. The molecule has 0 amide bonds. The monoisotopic (exact) mass is 319 g/mol. The van der Waals surface area contributed by atoms with Gasteiger partial charge in [-0.25, -0.2) is 9.97 Å². The molecule has 0 aromatic carbocycles. The Hall–Kier alpha value is -1.69. The third kappa shape index (κ3) is 2.92. The minimum Gasteiger partial charge on any atom is -0.481 e. The minimum atomic E-state index is -0.757. The van der Waals surface area contributed by atoms with Gasteiger partial charge in [0.25, 0.3) is 0 Å². The largest absolute Gasteiger partial charge is 0.481 e. The maximum atomic E-state index is 10.6. The van der Waals surface area contributed by atoms with Crippen molar-refractivity contribution in [3.05, 3.63) is 16.3 Å². The molecule has 2 heterocycles. The number of thiophene rings is 1. The molecule has 0 bridgehead atoms. The van der Waals surface area contributed by atoms with Crippen LogP contribution in [0.15, 0.2) is 0 Å². The van der Waals surface area contributed by atoms with Gasteiger partial charge in [0.1, 0.15) is 16.5 Å². The van der Waals surface area contributed by atoms with Gasteiger partial charge in [-0.3, -0.25) is 4.79 Å². The van der Waals surface area contributed by atoms with Crippen LogP contribution >= 0.6 is 11.3 Å². The number of carboxylic acid groups (broad SMARTS) is 1. The van der Waals surface area contributed by atoms with E-state index < -0.39 is 5.97 Å². The van der Waals surface area contributed by atoms with E-state index in [0.29, 0.717) is 18.9 Å². The van der Waals surface area contributed by atoms with Gasteiger partial charge in [0.15, 0.2) is 0 Å². The molecule has 0 saturated carbocycles. The van der Waals surface area contributed by atoms with Crippen molar-refractivity contribution < 1.29 is 9.90 Å². The first-order valence-corrected chi connectivity index (χ1v) is 8.63. The highest BCUT2D eigenvalue weighted by atomic mass is 32.1. The van der Waals surface area contributed by atoms with Gasteiger partial charge in [0, 0.05) is 17.8 Å². The first-order chi connectivity index (χ1) is 10.6. The number of nitrogens with one attached hydrogen (secondary N) is 1. The molecule has 1 atom stereocenters. The topological polar surface area (TPSA) is 75.1 Å². The van der Waals surface area contributed by atoms with Crippen molar-refractivity contribution in [2.45, 2.75) is 51.9 Å². The highest BCUT2D eigenvalue weighted by Gasteiger charge is 2.25. The number of fused-ring (bicyclic) bond motifs is 3. The van der Waals surface area contributed by atoms with Crippen LogP contribution in [0.2, 0.25) is 0 Å². The van der Waals surface area contributed by atoms with Gasteiger partial charge < -0.3 is 10.4 Å². The molecule has 0 radical (unpaired) electrons. The molecule has 3 rings (SSSR count). The van der Waals surface area contributed by atoms with Gasteiger partial charge in [0.2, 0.25) is 0 Å². The lowest BCUT2D eigenvalue weighted by atomic mass is 9.87. The third-order valence-corrected chi connectivity index (χ3v) is 5.33. The lowest BCUT2D eigenvalue weighted by Gasteiger charge is -2.19. The number of aliphatic carboxylic acids is 1. The van der Waals surface area contributed by atoms with Crippen LogP contribution in [0, 0.1) is 6.92 Å². The Balaban J connectivity index is 1.94. The van der Waals surface area contributed by atoms with Crippen LogP contribution in [0.4, 0.5) is 5.82 Å². The Morgan fingerprint density at radius 2 is 2.27 bits per heavy atom. The molecule has 2 aromatic heterocycles. The van der Waals surface area contributed by atoms with Crippen LogP contribution in [-0.4, -0.2) is 27.6 Å². The molecule has 1 aliphatic rings. The fourth-order valence-corrected chi connectivity index (χ4v) is 4.55. The molecule has 118 valence electrons. The zero-order valence-electron chi connectivity index (χ0n) is 13.0. The fourth-order valence-electron chi connectivity index (χ4n) is 3.17. The average Bonchev–Trinajstić information content (AvgIpc) is 2.82. The second-order valence-electron chi connectivity index (χ2n) is 5.96. The highest BCUT2D eigenvalue weighted by molar-refractivity contribution is 7.19. The molecule has 2 aromatic rings. The van der Waals surface area contributed by atoms with Gasteiger partial charge >= 0.3 is 5.97 Å². The summed E-state index contributed by atoms with van der Waals surface area (Å²) in [5.41, 5.74) is 1.41. The zero-order valence-corrected chi connectivity index (χ0v) is 13.8. The maximum absolute atomic E-state index is 10.6. The van der Waals surface area contributed by atoms with E-state index in [1.807, 2.05) is 6.92 Å². The number of carboxylic acids is 1. The van der Waals surface area contributed by atoms with E-state index in [-0.39, 0.29) is 6.42 Å². The SMILES string of the molecule is Cc1nc(NCCCC(=O)O)c2c3c(sc2n1)CCC[C@@H]3C. The first kappa shape index (κ1) is 15.2. The van der Waals surface area contributed by atoms with Crippen molar-refractivity contribution in [3.63, 3.8) is 0 Å². The number of aryl methyl sites for hydroxylation is 2. The molecule has 0 aliphatic heterocycles. The molecule has 22 heavy (non-hydrogen) atoms. The van der Waals surface area contributed by atoms with E-state index in [9.17, 15) is 4.79 Å². The summed E-state index contributed by atoms with van der Waals surface area (Å²) in [4.78, 5) is 22.3. The van der Waals surface area contributed by atoms with Gasteiger partial charge in [-0.05, 0) is 44.1 Å². The van der Waals surface area contributed by atoms with E-state index in [1.165, 1.54) is 23.3 Å². The van der Waals surface area contributed by atoms with Crippen molar-refractivity contribution in [3.8, 4) is 0 Å². The number of hydrogen-bond acceptors (Lipinski definition) is 5. The summed E-state index contributed by atoms with van der Waals surface area (Å²) >= 11 is 1.79. The number of rotatable bonds is 5. The molecule has 1 aliphatic carbocycles. The molecule has 2 N–H and O–H groups in total. The first-order valence-electron chi connectivity index (χ1n) is 7.82. The number of hydrogen-bond donors (Lipinski definition) is 2. The van der Waals surface area contributed by atoms with Crippen LogP contribution in [0.25, 0.3) is 10.2 Å². The number of carbonyl (C=O) groups is 1. The predicted octanol–water partition coefficient (Wildman–Crippen LogP) is 3.72. The quantitative estimate of drug-likeness (QED) is 0.822. The summed E-state index contributed by atoms with van der Waals surface area (Å²) in [7, 11) is 0. The fraction of sp³-hybridized carbons (Fsp3) is 0.562. The maximum Gasteiger partial charge on any atom is 0.303 e. The zero-order chi connectivity index (χ0) is 15.7. The van der Waals surface area contributed by atoms with Crippen molar-refractivity contribution in [1.82, 2.24) is 9.97 Å². The molecule has 6 heteroatoms. The van der Waals surface area contributed by atoms with Crippen LogP contribution in [0.3, 0.4) is 0 Å². The smallest absolute Gasteiger partial charge is 0.303 e. The number of anilines is 1. The van der Waals surface area contributed by atoms with Crippen LogP contribution in [0.1, 0.15) is 54.8 Å². The van der Waals surface area contributed by atoms with Crippen molar-refractivity contribution >= 4 is 33.3 Å². The van der Waals surface area contributed by atoms with E-state index in [0.717, 1.165) is 28.3 Å². The second-order valence-corrected chi connectivity index (χ2v) is 7.04. The molecule has 0 spiro atoms. The van der Waals surface area contributed by atoms with E-state index in [1.54, 1.807) is 11.3 Å². The van der Waals surface area contributed by atoms with Gasteiger partial charge in [-0.1, -0.05) is 6.92 Å². The van der Waals surface area contributed by atoms with Crippen molar-refractivity contribution in [2.75, 3.05) is 11.9 Å². The average molecular weight is 319 g/mol. The van der Waals surface area contributed by atoms with Crippen molar-refractivity contribution in [1.29, 1.82) is 0 Å². The van der Waals surface area contributed by atoms with Gasteiger partial charge in [-0.2, -0.15) is 0 Å². The standard InChI is InChI=1S/C16H21N3O2S/c1-9-5-3-6-11-13(9)14-15(17-8-4-7-12(20)21)18-10(2)19-16(14)22-11/h9H,3-8H2,1-2H3,(H,20,21)(H,17,18,19)/t9-/m0/s1. The van der Waals surface area contributed by atoms with Crippen molar-refractivity contribution in [2.24, 2.45) is 0 Å². The molecule has 5 nitrogen and oxygen atoms in total. The third-order valence-electron chi connectivity index (χ3n) is 4.17. The Kier molecular flexibility index (Phi) is 4.29. The lowest BCUT2D eigenvalue weighted by molar-refractivity contribution is -0.137. The van der Waals surface area contributed by atoms with Gasteiger partial charge in [-0.15, -0.1) is 11.3 Å². The molecule has 0 fully saturated rings. The molecular weight excluding hydrogens is 298 g/mol. The number of nitrogens with zero attached hydrogens (tertiary/aromatic N) is 2. The van der Waals surface area contributed by atoms with Crippen LogP contribution in [0.5, 0.6) is 0 Å². The van der Waals surface area contributed by atoms with Gasteiger partial charge in [0.05, 0.1) is 5.39 Å². The molecule has 0 unspecified atom stereocenters. The highest BCUT2D eigenvalue weighted by Crippen LogP contribution is 2.43. The Morgan fingerprint density at radius 1 is 1.45 bits per heavy atom. The Morgan fingerprint density at radius 3 is 3.05 bits per heavy atom. The minimum absolute atomic E-state index is 0.179. The summed E-state index contributed by atoms with van der Waals surface area (Å²) < 4.78 is 0. The number of aromatic nitrogens is 2.